The zero-order valence-electron chi connectivity index (χ0n) is 12.1. The third-order valence-corrected chi connectivity index (χ3v) is 3.45. The quantitative estimate of drug-likeness (QED) is 0.735. The van der Waals surface area contributed by atoms with E-state index in [2.05, 4.69) is 15.6 Å². The van der Waals surface area contributed by atoms with Gasteiger partial charge in [-0.1, -0.05) is 0 Å². The molecule has 1 aromatic heterocycles. The van der Waals surface area contributed by atoms with Gasteiger partial charge in [0.25, 0.3) is 0 Å². The maximum Gasteiger partial charge on any atom is 0.313 e. The van der Waals surface area contributed by atoms with Gasteiger partial charge in [0.05, 0.1) is 6.61 Å². The Morgan fingerprint density at radius 3 is 2.86 bits per heavy atom. The molecule has 0 spiro atoms. The van der Waals surface area contributed by atoms with Gasteiger partial charge in [0, 0.05) is 17.6 Å². The number of rotatable bonds is 4. The Kier molecular flexibility index (Phi) is 3.81. The summed E-state index contributed by atoms with van der Waals surface area (Å²) in [5, 5.41) is 13.7. The molecule has 1 aliphatic rings. The molecule has 2 amide bonds. The van der Waals surface area contributed by atoms with Gasteiger partial charge in [-0.15, -0.1) is 0 Å². The number of carbonyl (C=O) groups excluding carboxylic acids is 2. The summed E-state index contributed by atoms with van der Waals surface area (Å²) in [5.41, 5.74) is 1.79. The van der Waals surface area contributed by atoms with Crippen molar-refractivity contribution in [1.29, 1.82) is 0 Å². The third kappa shape index (κ3) is 3.09. The van der Waals surface area contributed by atoms with E-state index in [0.29, 0.717) is 22.7 Å². The summed E-state index contributed by atoms with van der Waals surface area (Å²) >= 11 is 0. The van der Waals surface area contributed by atoms with Crippen molar-refractivity contribution in [2.75, 3.05) is 11.9 Å². The number of carbonyl (C=O) groups is 2. The molecule has 22 heavy (non-hydrogen) atoms. The lowest BCUT2D eigenvalue weighted by atomic mass is 10.3. The number of fused-ring (bicyclic) bond motifs is 1. The Labute approximate surface area is 126 Å². The van der Waals surface area contributed by atoms with Crippen LogP contribution in [0.2, 0.25) is 0 Å². The highest BCUT2D eigenvalue weighted by atomic mass is 16.3. The molecule has 0 bridgehead atoms. The van der Waals surface area contributed by atoms with Crippen molar-refractivity contribution in [2.45, 2.75) is 31.7 Å². The van der Waals surface area contributed by atoms with Crippen molar-refractivity contribution < 1.29 is 19.1 Å². The second kappa shape index (κ2) is 5.76. The molecule has 7 heteroatoms. The Morgan fingerprint density at radius 1 is 1.41 bits per heavy atom. The first kappa shape index (κ1) is 14.5. The maximum absolute atomic E-state index is 11.8. The first-order valence-electron chi connectivity index (χ1n) is 7.20. The standard InChI is InChI=1S/C15H17N3O4/c1-8(7-19)16-13(20)14(21)17-10-4-5-12-11(6-10)18-15(22-12)9-2-3-9/h4-6,8-9,19H,2-3,7H2,1H3,(H,16,20)(H,17,21)/t8-/m1/s1. The largest absolute Gasteiger partial charge is 0.440 e. The van der Waals surface area contributed by atoms with Gasteiger partial charge in [0.15, 0.2) is 11.5 Å². The Balaban J connectivity index is 1.70. The van der Waals surface area contributed by atoms with E-state index in [0.717, 1.165) is 18.7 Å². The molecule has 1 heterocycles. The zero-order valence-corrected chi connectivity index (χ0v) is 12.1. The molecule has 116 valence electrons. The van der Waals surface area contributed by atoms with Crippen LogP contribution in [-0.4, -0.2) is 34.6 Å². The van der Waals surface area contributed by atoms with E-state index in [1.807, 2.05) is 0 Å². The molecule has 0 saturated heterocycles. The second-order valence-electron chi connectivity index (χ2n) is 5.52. The molecule has 2 aromatic rings. The highest BCUT2D eigenvalue weighted by Crippen LogP contribution is 2.40. The lowest BCUT2D eigenvalue weighted by Crippen LogP contribution is -2.42. The van der Waals surface area contributed by atoms with Crippen LogP contribution in [0.4, 0.5) is 5.69 Å². The van der Waals surface area contributed by atoms with E-state index in [9.17, 15) is 9.59 Å². The number of nitrogens with one attached hydrogen (secondary N) is 2. The van der Waals surface area contributed by atoms with Gasteiger partial charge >= 0.3 is 11.8 Å². The minimum atomic E-state index is -0.791. The van der Waals surface area contributed by atoms with Crippen molar-refractivity contribution in [2.24, 2.45) is 0 Å². The summed E-state index contributed by atoms with van der Waals surface area (Å²) < 4.78 is 5.64. The monoisotopic (exact) mass is 303 g/mol. The molecule has 3 N–H and O–H groups in total. The highest BCUT2D eigenvalue weighted by molar-refractivity contribution is 6.39. The van der Waals surface area contributed by atoms with E-state index in [1.165, 1.54) is 0 Å². The number of amides is 2. The van der Waals surface area contributed by atoms with Crippen LogP contribution in [0, 0.1) is 0 Å². The number of aromatic nitrogens is 1. The topological polar surface area (TPSA) is 104 Å². The summed E-state index contributed by atoms with van der Waals surface area (Å²) in [4.78, 5) is 27.8. The molecule has 1 saturated carbocycles. The fourth-order valence-electron chi connectivity index (χ4n) is 2.05. The van der Waals surface area contributed by atoms with Gasteiger partial charge in [-0.2, -0.15) is 0 Å². The van der Waals surface area contributed by atoms with Crippen LogP contribution in [0.1, 0.15) is 31.6 Å². The van der Waals surface area contributed by atoms with Crippen LogP contribution in [0.25, 0.3) is 11.1 Å². The smallest absolute Gasteiger partial charge is 0.313 e. The number of anilines is 1. The molecule has 0 aliphatic heterocycles. The fourth-order valence-corrected chi connectivity index (χ4v) is 2.05. The fraction of sp³-hybridized carbons (Fsp3) is 0.400. The number of aliphatic hydroxyl groups excluding tert-OH is 1. The van der Waals surface area contributed by atoms with E-state index >= 15 is 0 Å². The molecule has 1 aliphatic carbocycles. The summed E-state index contributed by atoms with van der Waals surface area (Å²) in [6.07, 6.45) is 2.19. The van der Waals surface area contributed by atoms with Gasteiger partial charge < -0.3 is 20.2 Å². The predicted octanol–water partition coefficient (Wildman–Crippen LogP) is 1.14. The number of aliphatic hydroxyl groups is 1. The summed E-state index contributed by atoms with van der Waals surface area (Å²) in [5.74, 6) is -0.435. The Hall–Kier alpha value is -2.41. The van der Waals surface area contributed by atoms with Crippen LogP contribution in [-0.2, 0) is 9.59 Å². The van der Waals surface area contributed by atoms with Crippen molar-refractivity contribution in [1.82, 2.24) is 10.3 Å². The van der Waals surface area contributed by atoms with Gasteiger partial charge in [-0.25, -0.2) is 4.98 Å². The van der Waals surface area contributed by atoms with E-state index < -0.39 is 17.9 Å². The molecule has 1 aromatic carbocycles. The normalized spacial score (nSPS) is 15.5. The number of hydrogen-bond acceptors (Lipinski definition) is 5. The minimum Gasteiger partial charge on any atom is -0.440 e. The molecular formula is C15H17N3O4. The third-order valence-electron chi connectivity index (χ3n) is 3.45. The number of oxazole rings is 1. The average Bonchev–Trinajstić information content (AvgIpc) is 3.26. The lowest BCUT2D eigenvalue weighted by molar-refractivity contribution is -0.136. The van der Waals surface area contributed by atoms with Gasteiger partial charge in [0.2, 0.25) is 0 Å². The van der Waals surface area contributed by atoms with Crippen LogP contribution < -0.4 is 10.6 Å². The highest BCUT2D eigenvalue weighted by Gasteiger charge is 2.29. The summed E-state index contributed by atoms with van der Waals surface area (Å²) in [7, 11) is 0. The van der Waals surface area contributed by atoms with Gasteiger partial charge in [-0.05, 0) is 38.0 Å². The van der Waals surface area contributed by atoms with E-state index in [1.54, 1.807) is 25.1 Å². The number of hydrogen-bond donors (Lipinski definition) is 3. The van der Waals surface area contributed by atoms with Gasteiger partial charge in [-0.3, -0.25) is 9.59 Å². The average molecular weight is 303 g/mol. The van der Waals surface area contributed by atoms with E-state index in [-0.39, 0.29) is 6.61 Å². The number of benzene rings is 1. The van der Waals surface area contributed by atoms with E-state index in [4.69, 9.17) is 9.52 Å². The van der Waals surface area contributed by atoms with Crippen molar-refractivity contribution in [3.05, 3.63) is 24.1 Å². The summed E-state index contributed by atoms with van der Waals surface area (Å²) in [6, 6.07) is 4.58. The Morgan fingerprint density at radius 2 is 2.18 bits per heavy atom. The first-order valence-corrected chi connectivity index (χ1v) is 7.20. The molecule has 0 radical (unpaired) electrons. The summed E-state index contributed by atoms with van der Waals surface area (Å²) in [6.45, 7) is 1.37. The molecule has 1 fully saturated rings. The van der Waals surface area contributed by atoms with Crippen molar-refractivity contribution in [3.8, 4) is 0 Å². The van der Waals surface area contributed by atoms with Gasteiger partial charge in [0.1, 0.15) is 5.52 Å². The van der Waals surface area contributed by atoms with Crippen molar-refractivity contribution in [3.63, 3.8) is 0 Å². The van der Waals surface area contributed by atoms with Crippen molar-refractivity contribution >= 4 is 28.6 Å². The zero-order chi connectivity index (χ0) is 15.7. The maximum atomic E-state index is 11.8. The molecule has 3 rings (SSSR count). The van der Waals surface area contributed by atoms with Crippen LogP contribution in [0.15, 0.2) is 22.6 Å². The van der Waals surface area contributed by atoms with Crippen LogP contribution in [0.5, 0.6) is 0 Å². The molecular weight excluding hydrogens is 286 g/mol. The predicted molar refractivity (Wildman–Crippen MR) is 79.3 cm³/mol. The Bertz CT molecular complexity index is 721. The minimum absolute atomic E-state index is 0.228. The lowest BCUT2D eigenvalue weighted by Gasteiger charge is -2.10. The number of nitrogens with zero attached hydrogens (tertiary/aromatic N) is 1. The first-order chi connectivity index (χ1) is 10.6. The second-order valence-corrected chi connectivity index (χ2v) is 5.52. The molecule has 1 atom stereocenters. The van der Waals surface area contributed by atoms with Crippen LogP contribution in [0.3, 0.4) is 0 Å². The SMILES string of the molecule is C[C@H](CO)NC(=O)C(=O)Nc1ccc2oc(C3CC3)nc2c1. The van der Waals surface area contributed by atoms with Crippen LogP contribution >= 0.6 is 0 Å². The molecule has 0 unspecified atom stereocenters. The molecule has 7 nitrogen and oxygen atoms in total.